The number of hydrogen-bond acceptors (Lipinski definition) is 6. The average Bonchev–Trinajstić information content (AvgIpc) is 2.61. The molecule has 2 aliphatic heterocycles. The molecule has 3 atom stereocenters. The lowest BCUT2D eigenvalue weighted by molar-refractivity contribution is 0.193. The highest BCUT2D eigenvalue weighted by Gasteiger charge is 2.25. The Hall–Kier alpha value is -1.87. The smallest absolute Gasteiger partial charge is 0.321 e. The molecule has 144 valence electrons. The van der Waals surface area contributed by atoms with Crippen molar-refractivity contribution < 1.29 is 4.79 Å². The first-order valence-electron chi connectivity index (χ1n) is 9.54. The molecule has 0 aromatic heterocycles. The second-order valence-electron chi connectivity index (χ2n) is 7.05. The van der Waals surface area contributed by atoms with Crippen LogP contribution in [-0.2, 0) is 6.42 Å². The lowest BCUT2D eigenvalue weighted by Gasteiger charge is -2.36. The van der Waals surface area contributed by atoms with Crippen molar-refractivity contribution in [2.24, 2.45) is 5.73 Å². The van der Waals surface area contributed by atoms with Gasteiger partial charge in [0.05, 0.1) is 6.17 Å². The van der Waals surface area contributed by atoms with E-state index in [1.807, 2.05) is 18.2 Å². The fourth-order valence-electron chi connectivity index (χ4n) is 3.48. The summed E-state index contributed by atoms with van der Waals surface area (Å²) in [6, 6.07) is 6.07. The molecule has 2 aliphatic rings. The number of urea groups is 1. The third-order valence-electron chi connectivity index (χ3n) is 4.76. The molecular weight excluding hydrogens is 330 g/mol. The predicted octanol–water partition coefficient (Wildman–Crippen LogP) is 0.686. The van der Waals surface area contributed by atoms with Gasteiger partial charge < -0.3 is 27.0 Å². The number of amides is 2. The second-order valence-corrected chi connectivity index (χ2v) is 7.05. The number of benzene rings is 1. The first kappa shape index (κ1) is 18.9. The van der Waals surface area contributed by atoms with Gasteiger partial charge in [0, 0.05) is 24.0 Å². The Balaban J connectivity index is 1.50. The topological polar surface area (TPSA) is 115 Å². The van der Waals surface area contributed by atoms with Gasteiger partial charge in [-0.25, -0.2) is 4.79 Å². The molecule has 0 aliphatic carbocycles. The molecule has 26 heavy (non-hydrogen) atoms. The quantitative estimate of drug-likeness (QED) is 0.375. The van der Waals surface area contributed by atoms with E-state index in [1.165, 1.54) is 5.56 Å². The number of anilines is 2. The summed E-state index contributed by atoms with van der Waals surface area (Å²) in [5.74, 6) is 0. The van der Waals surface area contributed by atoms with Crippen LogP contribution < -0.4 is 37.6 Å². The number of aryl methyl sites for hydroxylation is 1. The highest BCUT2D eigenvalue weighted by atomic mass is 16.2. The summed E-state index contributed by atoms with van der Waals surface area (Å²) in [5, 5.41) is 19.4. The van der Waals surface area contributed by atoms with Crippen molar-refractivity contribution >= 4 is 17.4 Å². The Kier molecular flexibility index (Phi) is 6.67. The van der Waals surface area contributed by atoms with Gasteiger partial charge in [-0.1, -0.05) is 0 Å². The van der Waals surface area contributed by atoms with Gasteiger partial charge in [0.25, 0.3) is 0 Å². The van der Waals surface area contributed by atoms with Crippen LogP contribution in [0.25, 0.3) is 0 Å². The minimum absolute atomic E-state index is 0.151. The second kappa shape index (κ2) is 9.18. The normalized spacial score (nSPS) is 25.1. The molecule has 2 heterocycles. The summed E-state index contributed by atoms with van der Waals surface area (Å²) in [4.78, 5) is 12.4. The molecule has 0 bridgehead atoms. The standard InChI is InChI=1S/C18H31N7O/c1-12-10-16(21-9-3-7-19)24-17(22-12)25-18(26)23-14-5-6-15-13(11-14)4-2-8-20-15/h5-6,11-12,16-17,20-22,24H,2-4,7-10,19H2,1H3,(H2,23,25,26). The van der Waals surface area contributed by atoms with E-state index in [0.717, 1.165) is 50.1 Å². The zero-order valence-electron chi connectivity index (χ0n) is 15.4. The highest BCUT2D eigenvalue weighted by Crippen LogP contribution is 2.25. The minimum Gasteiger partial charge on any atom is -0.385 e. The lowest BCUT2D eigenvalue weighted by atomic mass is 10.0. The summed E-state index contributed by atoms with van der Waals surface area (Å²) in [5.41, 5.74) is 8.77. The molecule has 0 spiro atoms. The first-order chi connectivity index (χ1) is 12.6. The van der Waals surface area contributed by atoms with Crippen LogP contribution in [0.3, 0.4) is 0 Å². The molecule has 0 radical (unpaired) electrons. The highest BCUT2D eigenvalue weighted by molar-refractivity contribution is 5.89. The number of carbonyl (C=O) groups excluding carboxylic acids is 1. The molecule has 8 heteroatoms. The van der Waals surface area contributed by atoms with Crippen molar-refractivity contribution in [2.45, 2.75) is 51.1 Å². The molecule has 0 saturated carbocycles. The number of fused-ring (bicyclic) bond motifs is 1. The molecule has 1 aromatic carbocycles. The number of nitrogens with two attached hydrogens (primary N) is 1. The Morgan fingerprint density at radius 1 is 1.35 bits per heavy atom. The van der Waals surface area contributed by atoms with Crippen LogP contribution in [0.5, 0.6) is 0 Å². The van der Waals surface area contributed by atoms with Crippen LogP contribution in [0.15, 0.2) is 18.2 Å². The number of carbonyl (C=O) groups is 1. The predicted molar refractivity (Wildman–Crippen MR) is 105 cm³/mol. The molecule has 1 saturated heterocycles. The van der Waals surface area contributed by atoms with Gasteiger partial charge in [-0.15, -0.1) is 0 Å². The van der Waals surface area contributed by atoms with E-state index >= 15 is 0 Å². The Morgan fingerprint density at radius 3 is 3.08 bits per heavy atom. The van der Waals surface area contributed by atoms with Crippen LogP contribution in [0.4, 0.5) is 16.2 Å². The van der Waals surface area contributed by atoms with E-state index in [2.05, 4.69) is 38.8 Å². The van der Waals surface area contributed by atoms with Crippen molar-refractivity contribution in [3.05, 3.63) is 23.8 Å². The third-order valence-corrected chi connectivity index (χ3v) is 4.76. The van der Waals surface area contributed by atoms with Crippen LogP contribution in [0.2, 0.25) is 0 Å². The van der Waals surface area contributed by atoms with E-state index in [0.29, 0.717) is 12.6 Å². The van der Waals surface area contributed by atoms with E-state index in [1.54, 1.807) is 0 Å². The maximum absolute atomic E-state index is 12.4. The largest absolute Gasteiger partial charge is 0.385 e. The third kappa shape index (κ3) is 5.31. The van der Waals surface area contributed by atoms with Crippen LogP contribution in [0, 0.1) is 0 Å². The van der Waals surface area contributed by atoms with Crippen molar-refractivity contribution in [2.75, 3.05) is 30.3 Å². The summed E-state index contributed by atoms with van der Waals surface area (Å²) >= 11 is 0. The van der Waals surface area contributed by atoms with Gasteiger partial charge in [0.2, 0.25) is 0 Å². The van der Waals surface area contributed by atoms with Crippen molar-refractivity contribution in [1.29, 1.82) is 0 Å². The van der Waals surface area contributed by atoms with Crippen molar-refractivity contribution in [1.82, 2.24) is 21.3 Å². The molecule has 2 amide bonds. The van der Waals surface area contributed by atoms with E-state index in [-0.39, 0.29) is 18.5 Å². The molecular formula is C18H31N7O. The SMILES string of the molecule is CC1CC(NCCCN)NC(NC(=O)Nc2ccc3c(c2)CCCN3)N1. The van der Waals surface area contributed by atoms with Gasteiger partial charge in [-0.2, -0.15) is 0 Å². The van der Waals surface area contributed by atoms with Crippen LogP contribution in [0.1, 0.15) is 31.7 Å². The van der Waals surface area contributed by atoms with Gasteiger partial charge in [0.15, 0.2) is 0 Å². The minimum atomic E-state index is -0.284. The number of nitrogens with one attached hydrogen (secondary N) is 6. The van der Waals surface area contributed by atoms with Crippen LogP contribution in [-0.4, -0.2) is 44.2 Å². The fourth-order valence-corrected chi connectivity index (χ4v) is 3.48. The van der Waals surface area contributed by atoms with Gasteiger partial charge >= 0.3 is 6.03 Å². The van der Waals surface area contributed by atoms with E-state index < -0.39 is 0 Å². The average molecular weight is 361 g/mol. The monoisotopic (exact) mass is 361 g/mol. The summed E-state index contributed by atoms with van der Waals surface area (Å²) in [6.45, 7) is 4.66. The van der Waals surface area contributed by atoms with Gasteiger partial charge in [0.1, 0.15) is 6.29 Å². The van der Waals surface area contributed by atoms with E-state index in [9.17, 15) is 4.79 Å². The van der Waals surface area contributed by atoms with E-state index in [4.69, 9.17) is 5.73 Å². The van der Waals surface area contributed by atoms with Crippen molar-refractivity contribution in [3.63, 3.8) is 0 Å². The fraction of sp³-hybridized carbons (Fsp3) is 0.611. The van der Waals surface area contributed by atoms with Crippen molar-refractivity contribution in [3.8, 4) is 0 Å². The zero-order valence-corrected chi connectivity index (χ0v) is 15.4. The maximum Gasteiger partial charge on any atom is 0.321 e. The lowest BCUT2D eigenvalue weighted by Crippen LogP contribution is -2.67. The van der Waals surface area contributed by atoms with Gasteiger partial charge in [-0.3, -0.25) is 10.6 Å². The Labute approximate surface area is 155 Å². The molecule has 8 N–H and O–H groups in total. The summed E-state index contributed by atoms with van der Waals surface area (Å²) < 4.78 is 0. The summed E-state index contributed by atoms with van der Waals surface area (Å²) in [6.07, 6.45) is 3.91. The summed E-state index contributed by atoms with van der Waals surface area (Å²) in [7, 11) is 0. The molecule has 3 unspecified atom stereocenters. The number of rotatable bonds is 6. The first-order valence-corrected chi connectivity index (χ1v) is 9.54. The molecule has 3 rings (SSSR count). The Bertz CT molecular complexity index is 609. The maximum atomic E-state index is 12.4. The van der Waals surface area contributed by atoms with Gasteiger partial charge in [-0.05, 0) is 69.5 Å². The molecule has 1 fully saturated rings. The molecule has 8 nitrogen and oxygen atoms in total. The Morgan fingerprint density at radius 2 is 2.23 bits per heavy atom. The van der Waals surface area contributed by atoms with Crippen LogP contribution >= 0.6 is 0 Å². The number of hydrogen-bond donors (Lipinski definition) is 7. The molecule has 1 aromatic rings. The zero-order chi connectivity index (χ0) is 18.4.